The number of anilines is 2. The van der Waals surface area contributed by atoms with E-state index in [2.05, 4.69) is 20.3 Å². The van der Waals surface area contributed by atoms with Gasteiger partial charge in [-0.1, -0.05) is 36.4 Å². The average Bonchev–Trinajstić information content (AvgIpc) is 3.11. The van der Waals surface area contributed by atoms with Gasteiger partial charge < -0.3 is 10.1 Å². The normalized spacial score (nSPS) is 17.4. The van der Waals surface area contributed by atoms with Gasteiger partial charge in [0.25, 0.3) is 0 Å². The summed E-state index contributed by atoms with van der Waals surface area (Å²) in [7, 11) is 0. The Morgan fingerprint density at radius 1 is 1.07 bits per heavy atom. The van der Waals surface area contributed by atoms with Crippen molar-refractivity contribution in [3.63, 3.8) is 0 Å². The molecule has 1 N–H and O–H groups in total. The lowest BCUT2D eigenvalue weighted by Gasteiger charge is -2.21. The van der Waals surface area contributed by atoms with E-state index < -0.39 is 6.09 Å². The molecule has 1 aromatic carbocycles. The first-order valence-corrected chi connectivity index (χ1v) is 8.74. The zero-order valence-electron chi connectivity index (χ0n) is 14.8. The summed E-state index contributed by atoms with van der Waals surface area (Å²) >= 11 is 0. The van der Waals surface area contributed by atoms with Gasteiger partial charge in [-0.2, -0.15) is 4.98 Å². The molecular weight excluding hydrogens is 342 g/mol. The van der Waals surface area contributed by atoms with E-state index in [1.807, 2.05) is 55.5 Å². The molecule has 1 fully saturated rings. The molecule has 0 radical (unpaired) electrons. The van der Waals surface area contributed by atoms with Crippen molar-refractivity contribution >= 4 is 17.9 Å². The summed E-state index contributed by atoms with van der Waals surface area (Å²) in [6.45, 7) is 2.27. The molecule has 0 unspecified atom stereocenters. The van der Waals surface area contributed by atoms with Gasteiger partial charge in [0.1, 0.15) is 18.5 Å². The fourth-order valence-electron chi connectivity index (χ4n) is 3.04. The fourth-order valence-corrected chi connectivity index (χ4v) is 3.04. The monoisotopic (exact) mass is 361 g/mol. The molecular formula is C20H19N5O2. The summed E-state index contributed by atoms with van der Waals surface area (Å²) < 4.78 is 5.24. The minimum absolute atomic E-state index is 0.0265. The Hall–Kier alpha value is -3.48. The Bertz CT molecular complexity index is 920. The zero-order chi connectivity index (χ0) is 18.6. The Morgan fingerprint density at radius 2 is 1.89 bits per heavy atom. The minimum atomic E-state index is -0.439. The maximum atomic E-state index is 12.3. The van der Waals surface area contributed by atoms with Crippen molar-refractivity contribution in [1.29, 1.82) is 0 Å². The number of carbonyl (C=O) groups is 1. The number of ether oxygens (including phenoxy) is 1. The van der Waals surface area contributed by atoms with Gasteiger partial charge in [-0.3, -0.25) is 4.98 Å². The highest BCUT2D eigenvalue weighted by atomic mass is 16.6. The van der Waals surface area contributed by atoms with E-state index in [4.69, 9.17) is 4.74 Å². The first kappa shape index (κ1) is 17.0. The van der Waals surface area contributed by atoms with E-state index in [0.717, 1.165) is 11.3 Å². The molecule has 4 rings (SSSR count). The number of hydrogen-bond acceptors (Lipinski definition) is 6. The molecule has 136 valence electrons. The Labute approximate surface area is 157 Å². The number of pyridine rings is 1. The summed E-state index contributed by atoms with van der Waals surface area (Å²) in [6.07, 6.45) is 2.89. The van der Waals surface area contributed by atoms with Gasteiger partial charge in [-0.25, -0.2) is 14.7 Å². The van der Waals surface area contributed by atoms with Crippen LogP contribution in [0.2, 0.25) is 0 Å². The third-order valence-corrected chi connectivity index (χ3v) is 4.44. The lowest BCUT2D eigenvalue weighted by atomic mass is 10.1. The highest BCUT2D eigenvalue weighted by Crippen LogP contribution is 2.31. The van der Waals surface area contributed by atoms with Crippen molar-refractivity contribution in [2.75, 3.05) is 16.8 Å². The molecule has 0 saturated carbocycles. The second-order valence-corrected chi connectivity index (χ2v) is 6.23. The molecule has 7 heteroatoms. The van der Waals surface area contributed by atoms with Crippen LogP contribution in [-0.2, 0) is 4.74 Å². The van der Waals surface area contributed by atoms with Crippen LogP contribution < -0.4 is 10.2 Å². The summed E-state index contributed by atoms with van der Waals surface area (Å²) in [6, 6.07) is 17.0. The van der Waals surface area contributed by atoms with Crippen LogP contribution in [0.3, 0.4) is 0 Å². The molecule has 0 spiro atoms. The van der Waals surface area contributed by atoms with Gasteiger partial charge in [0.15, 0.2) is 0 Å². The van der Waals surface area contributed by atoms with Crippen LogP contribution in [-0.4, -0.2) is 27.7 Å². The van der Waals surface area contributed by atoms with Crippen LogP contribution in [0.1, 0.15) is 30.3 Å². The zero-order valence-corrected chi connectivity index (χ0v) is 14.8. The van der Waals surface area contributed by atoms with Crippen LogP contribution in [0.25, 0.3) is 0 Å². The Kier molecular flexibility index (Phi) is 4.65. The van der Waals surface area contributed by atoms with Gasteiger partial charge in [-0.15, -0.1) is 0 Å². The molecule has 1 saturated heterocycles. The number of nitrogens with one attached hydrogen (secondary N) is 1. The van der Waals surface area contributed by atoms with Crippen LogP contribution in [0, 0.1) is 0 Å². The second kappa shape index (κ2) is 7.41. The quantitative estimate of drug-likeness (QED) is 0.746. The smallest absolute Gasteiger partial charge is 0.416 e. The molecule has 7 nitrogen and oxygen atoms in total. The highest BCUT2D eigenvalue weighted by Gasteiger charge is 2.37. The molecule has 1 amide bonds. The second-order valence-electron chi connectivity index (χ2n) is 6.23. The number of hydrogen-bond donors (Lipinski definition) is 1. The predicted molar refractivity (Wildman–Crippen MR) is 101 cm³/mol. The SMILES string of the molecule is C[C@H](Nc1nccc(N2C(=O)OC[C@@H]2c2ccccn2)n1)c1ccccc1. The van der Waals surface area contributed by atoms with Crippen LogP contribution >= 0.6 is 0 Å². The number of benzene rings is 1. The predicted octanol–water partition coefficient (Wildman–Crippen LogP) is 3.74. The van der Waals surface area contributed by atoms with E-state index in [-0.39, 0.29) is 18.7 Å². The number of amides is 1. The number of carbonyl (C=O) groups excluding carboxylic acids is 1. The van der Waals surface area contributed by atoms with Crippen molar-refractivity contribution in [2.24, 2.45) is 0 Å². The van der Waals surface area contributed by atoms with E-state index >= 15 is 0 Å². The summed E-state index contributed by atoms with van der Waals surface area (Å²) in [5.74, 6) is 0.925. The average molecular weight is 361 g/mol. The van der Waals surface area contributed by atoms with Gasteiger partial charge in [0, 0.05) is 12.4 Å². The van der Waals surface area contributed by atoms with Gasteiger partial charge in [0.2, 0.25) is 5.95 Å². The summed E-state index contributed by atoms with van der Waals surface area (Å²) in [5.41, 5.74) is 1.88. The molecule has 3 heterocycles. The third kappa shape index (κ3) is 3.57. The van der Waals surface area contributed by atoms with Crippen molar-refractivity contribution in [3.05, 3.63) is 78.2 Å². The van der Waals surface area contributed by atoms with Gasteiger partial charge in [-0.05, 0) is 30.7 Å². The van der Waals surface area contributed by atoms with E-state index in [9.17, 15) is 4.79 Å². The molecule has 2 atom stereocenters. The van der Waals surface area contributed by atoms with Crippen LogP contribution in [0.4, 0.5) is 16.6 Å². The molecule has 1 aliphatic heterocycles. The van der Waals surface area contributed by atoms with Crippen molar-refractivity contribution in [3.8, 4) is 0 Å². The van der Waals surface area contributed by atoms with Gasteiger partial charge >= 0.3 is 6.09 Å². The van der Waals surface area contributed by atoms with Crippen molar-refractivity contribution in [1.82, 2.24) is 15.0 Å². The highest BCUT2D eigenvalue weighted by molar-refractivity contribution is 5.89. The maximum absolute atomic E-state index is 12.3. The minimum Gasteiger partial charge on any atom is -0.446 e. The molecule has 27 heavy (non-hydrogen) atoms. The largest absolute Gasteiger partial charge is 0.446 e. The van der Waals surface area contributed by atoms with E-state index in [1.54, 1.807) is 18.5 Å². The number of rotatable bonds is 5. The topological polar surface area (TPSA) is 80.2 Å². The first-order chi connectivity index (χ1) is 13.2. The maximum Gasteiger partial charge on any atom is 0.416 e. The standard InChI is InChI=1S/C20H19N5O2/c1-14(15-7-3-2-4-8-15)23-19-22-12-10-18(24-19)25-17(13-27-20(25)26)16-9-5-6-11-21-16/h2-12,14,17H,13H2,1H3,(H,22,23,24)/t14-,17+/m0/s1. The fraction of sp³-hybridized carbons (Fsp3) is 0.200. The Morgan fingerprint density at radius 3 is 2.67 bits per heavy atom. The lowest BCUT2D eigenvalue weighted by molar-refractivity contribution is 0.178. The van der Waals surface area contributed by atoms with Gasteiger partial charge in [0.05, 0.1) is 11.7 Å². The molecule has 0 aliphatic carbocycles. The molecule has 0 bridgehead atoms. The van der Waals surface area contributed by atoms with E-state index in [1.165, 1.54) is 4.90 Å². The molecule has 1 aliphatic rings. The number of nitrogens with zero attached hydrogens (tertiary/aromatic N) is 4. The van der Waals surface area contributed by atoms with Crippen molar-refractivity contribution in [2.45, 2.75) is 19.0 Å². The van der Waals surface area contributed by atoms with E-state index in [0.29, 0.717) is 11.8 Å². The third-order valence-electron chi connectivity index (χ3n) is 4.44. The van der Waals surface area contributed by atoms with Crippen molar-refractivity contribution < 1.29 is 9.53 Å². The molecule has 2 aromatic heterocycles. The number of aromatic nitrogens is 3. The Balaban J connectivity index is 1.58. The number of cyclic esters (lactones) is 1. The van der Waals surface area contributed by atoms with Crippen LogP contribution in [0.5, 0.6) is 0 Å². The van der Waals surface area contributed by atoms with Crippen LogP contribution in [0.15, 0.2) is 67.0 Å². The lowest BCUT2D eigenvalue weighted by Crippen LogP contribution is -2.29. The summed E-state index contributed by atoms with van der Waals surface area (Å²) in [4.78, 5) is 27.0. The first-order valence-electron chi connectivity index (χ1n) is 8.74. The summed E-state index contributed by atoms with van der Waals surface area (Å²) in [5, 5.41) is 3.27. The molecule has 3 aromatic rings.